The summed E-state index contributed by atoms with van der Waals surface area (Å²) in [6, 6.07) is 21.3. The van der Waals surface area contributed by atoms with Crippen molar-refractivity contribution < 1.29 is 24.2 Å². The van der Waals surface area contributed by atoms with Gasteiger partial charge in [-0.05, 0) is 42.5 Å². The van der Waals surface area contributed by atoms with E-state index in [1.807, 2.05) is 31.2 Å². The Bertz CT molecular complexity index is 1320. The number of nitrogens with zero attached hydrogens (tertiary/aromatic N) is 1. The third-order valence-electron chi connectivity index (χ3n) is 7.67. The number of carbonyl (C=O) groups is 2. The molecule has 1 spiro atoms. The molecule has 1 saturated heterocycles. The third kappa shape index (κ3) is 2.17. The molecule has 7 heteroatoms. The van der Waals surface area contributed by atoms with Crippen LogP contribution in [0.3, 0.4) is 0 Å². The third-order valence-corrected chi connectivity index (χ3v) is 8.20. The smallest absolute Gasteiger partial charge is 0.328 e. The molecular formula is C26H20BrNO5. The highest BCUT2D eigenvalue weighted by Gasteiger charge is 2.97. The summed E-state index contributed by atoms with van der Waals surface area (Å²) in [5, 5.41) is 12.6. The Kier molecular flexibility index (Phi) is 4.00. The monoisotopic (exact) mass is 505 g/mol. The van der Waals surface area contributed by atoms with Crippen LogP contribution in [0.2, 0.25) is 0 Å². The number of hydrogen-bond acceptors (Lipinski definition) is 5. The Morgan fingerprint density at radius 1 is 1.00 bits per heavy atom. The summed E-state index contributed by atoms with van der Waals surface area (Å²) in [4.78, 5) is 29.0. The normalized spacial score (nSPS) is 31.4. The van der Waals surface area contributed by atoms with Crippen molar-refractivity contribution in [3.8, 4) is 11.5 Å². The fraction of sp³-hybridized carbons (Fsp3) is 0.231. The van der Waals surface area contributed by atoms with Crippen LogP contribution in [0.1, 0.15) is 24.0 Å². The first-order valence-corrected chi connectivity index (χ1v) is 11.4. The van der Waals surface area contributed by atoms with Crippen molar-refractivity contribution in [1.29, 1.82) is 0 Å². The van der Waals surface area contributed by atoms with Gasteiger partial charge in [-0.3, -0.25) is 14.5 Å². The number of hydrogen-bond donors (Lipinski definition) is 1. The molecule has 1 amide bonds. The molecule has 1 saturated carbocycles. The summed E-state index contributed by atoms with van der Waals surface area (Å²) < 4.78 is 11.8. The van der Waals surface area contributed by atoms with Crippen molar-refractivity contribution in [2.45, 2.75) is 18.6 Å². The number of fused-ring (bicyclic) bond motifs is 3. The van der Waals surface area contributed by atoms with E-state index in [4.69, 9.17) is 9.47 Å². The molecule has 3 aromatic carbocycles. The number of aliphatic hydroxyl groups is 1. The van der Waals surface area contributed by atoms with Gasteiger partial charge in [0.2, 0.25) is 5.91 Å². The zero-order valence-electron chi connectivity index (χ0n) is 17.9. The molecule has 3 aliphatic rings. The highest BCUT2D eigenvalue weighted by molar-refractivity contribution is 9.10. The van der Waals surface area contributed by atoms with Gasteiger partial charge in [0, 0.05) is 27.2 Å². The molecule has 2 heterocycles. The molecule has 4 unspecified atom stereocenters. The van der Waals surface area contributed by atoms with Crippen LogP contribution in [0.15, 0.2) is 77.3 Å². The Hall–Kier alpha value is -3.16. The predicted molar refractivity (Wildman–Crippen MR) is 124 cm³/mol. The second-order valence-corrected chi connectivity index (χ2v) is 9.80. The molecular weight excluding hydrogens is 486 g/mol. The van der Waals surface area contributed by atoms with Crippen LogP contribution in [-0.4, -0.2) is 24.1 Å². The molecule has 3 aromatic rings. The molecule has 6 rings (SSSR count). The number of piperidine rings is 1. The summed E-state index contributed by atoms with van der Waals surface area (Å²) in [5.74, 6) is -0.528. The Morgan fingerprint density at radius 2 is 1.67 bits per heavy atom. The van der Waals surface area contributed by atoms with Crippen molar-refractivity contribution in [2.24, 2.45) is 10.8 Å². The van der Waals surface area contributed by atoms with Crippen LogP contribution in [0, 0.1) is 10.8 Å². The Balaban J connectivity index is 1.62. The van der Waals surface area contributed by atoms with Gasteiger partial charge >= 0.3 is 5.97 Å². The predicted octanol–water partition coefficient (Wildman–Crippen LogP) is 4.36. The van der Waals surface area contributed by atoms with Gasteiger partial charge in [0.1, 0.15) is 11.5 Å². The maximum atomic E-state index is 14.2. The van der Waals surface area contributed by atoms with Crippen molar-refractivity contribution in [3.63, 3.8) is 0 Å². The van der Waals surface area contributed by atoms with Crippen molar-refractivity contribution in [3.05, 3.63) is 88.4 Å². The largest absolute Gasteiger partial charge is 0.497 e. The first kappa shape index (κ1) is 20.4. The number of halogens is 1. The lowest BCUT2D eigenvalue weighted by molar-refractivity contribution is -0.147. The van der Waals surface area contributed by atoms with E-state index in [1.165, 1.54) is 4.90 Å². The SMILES string of the molecule is COc1ccc(N2C(=O)C34C(=O)Oc5ccccc5C3C4(C)C2(O)c2ccc(Br)cc2)cc1. The number of para-hydroxylation sites is 1. The average molecular weight is 506 g/mol. The topological polar surface area (TPSA) is 76.1 Å². The molecule has 4 atom stereocenters. The second kappa shape index (κ2) is 6.46. The number of esters is 1. The van der Waals surface area contributed by atoms with Crippen LogP contribution in [0.25, 0.3) is 0 Å². The van der Waals surface area contributed by atoms with Gasteiger partial charge in [-0.1, -0.05) is 53.2 Å². The second-order valence-electron chi connectivity index (χ2n) is 8.89. The van der Waals surface area contributed by atoms with E-state index < -0.39 is 34.3 Å². The molecule has 2 aliphatic heterocycles. The number of rotatable bonds is 3. The van der Waals surface area contributed by atoms with Gasteiger partial charge in [0.15, 0.2) is 11.1 Å². The van der Waals surface area contributed by atoms with Gasteiger partial charge in [-0.15, -0.1) is 0 Å². The van der Waals surface area contributed by atoms with Gasteiger partial charge in [-0.2, -0.15) is 0 Å². The number of ether oxygens (including phenoxy) is 2. The van der Waals surface area contributed by atoms with Crippen LogP contribution < -0.4 is 14.4 Å². The molecule has 0 radical (unpaired) electrons. The summed E-state index contributed by atoms with van der Waals surface area (Å²) >= 11 is 3.44. The fourth-order valence-corrected chi connectivity index (χ4v) is 6.36. The number of carbonyl (C=O) groups excluding carboxylic acids is 2. The van der Waals surface area contributed by atoms with Crippen LogP contribution in [0.4, 0.5) is 5.69 Å². The molecule has 33 heavy (non-hydrogen) atoms. The molecule has 166 valence electrons. The minimum Gasteiger partial charge on any atom is -0.497 e. The van der Waals surface area contributed by atoms with E-state index in [1.54, 1.807) is 55.6 Å². The Morgan fingerprint density at radius 3 is 2.33 bits per heavy atom. The zero-order valence-corrected chi connectivity index (χ0v) is 19.5. The lowest BCUT2D eigenvalue weighted by Crippen LogP contribution is -2.51. The minimum absolute atomic E-state index is 0.440. The summed E-state index contributed by atoms with van der Waals surface area (Å²) in [6.45, 7) is 1.81. The van der Waals surface area contributed by atoms with Crippen molar-refractivity contribution >= 4 is 33.5 Å². The van der Waals surface area contributed by atoms with Crippen molar-refractivity contribution in [1.82, 2.24) is 0 Å². The van der Waals surface area contributed by atoms with Crippen molar-refractivity contribution in [2.75, 3.05) is 12.0 Å². The van der Waals surface area contributed by atoms with E-state index in [-0.39, 0.29) is 0 Å². The van der Waals surface area contributed by atoms with Gasteiger partial charge < -0.3 is 14.6 Å². The number of amides is 1. The van der Waals surface area contributed by atoms with E-state index in [0.717, 1.165) is 10.0 Å². The highest BCUT2D eigenvalue weighted by atomic mass is 79.9. The lowest BCUT2D eigenvalue weighted by Gasteiger charge is -2.41. The van der Waals surface area contributed by atoms with Gasteiger partial charge in [-0.25, -0.2) is 0 Å². The molecule has 0 bridgehead atoms. The maximum absolute atomic E-state index is 14.2. The van der Waals surface area contributed by atoms with E-state index in [0.29, 0.717) is 22.7 Å². The maximum Gasteiger partial charge on any atom is 0.328 e. The average Bonchev–Trinajstić information content (AvgIpc) is 3.39. The van der Waals surface area contributed by atoms with Gasteiger partial charge in [0.25, 0.3) is 0 Å². The molecule has 2 fully saturated rings. The molecule has 0 aromatic heterocycles. The van der Waals surface area contributed by atoms with E-state index in [2.05, 4.69) is 15.9 Å². The first-order valence-electron chi connectivity index (χ1n) is 10.6. The quantitative estimate of drug-likeness (QED) is 0.325. The van der Waals surface area contributed by atoms with Crippen LogP contribution >= 0.6 is 15.9 Å². The highest BCUT2D eigenvalue weighted by Crippen LogP contribution is 2.87. The minimum atomic E-state index is -1.79. The summed E-state index contributed by atoms with van der Waals surface area (Å²) in [5.41, 5.74) is -2.69. The fourth-order valence-electron chi connectivity index (χ4n) is 6.10. The number of methoxy groups -OCH3 is 1. The summed E-state index contributed by atoms with van der Waals surface area (Å²) in [7, 11) is 1.56. The van der Waals surface area contributed by atoms with E-state index in [9.17, 15) is 14.7 Å². The number of benzene rings is 3. The summed E-state index contributed by atoms with van der Waals surface area (Å²) in [6.07, 6.45) is 0. The Labute approximate surface area is 198 Å². The lowest BCUT2D eigenvalue weighted by atomic mass is 9.82. The number of anilines is 1. The van der Waals surface area contributed by atoms with E-state index >= 15 is 0 Å². The standard InChI is InChI=1S/C26H20BrNO5/c1-24-21-19-5-3-4-6-20(19)33-23(30)25(21,24)22(29)28(17-11-13-18(32-2)14-12-17)26(24,31)15-7-9-16(27)10-8-15/h3-14,21,31H,1-2H3. The van der Waals surface area contributed by atoms with Crippen LogP contribution in [-0.2, 0) is 15.3 Å². The first-order chi connectivity index (χ1) is 15.8. The zero-order chi connectivity index (χ0) is 23.2. The molecule has 1 aliphatic carbocycles. The molecule has 1 N–H and O–H groups in total. The van der Waals surface area contributed by atoms with Crippen LogP contribution in [0.5, 0.6) is 11.5 Å². The molecule has 6 nitrogen and oxygen atoms in total. The van der Waals surface area contributed by atoms with Gasteiger partial charge in [0.05, 0.1) is 12.5 Å².